The van der Waals surface area contributed by atoms with Gasteiger partial charge in [-0.3, -0.25) is 0 Å². The Labute approximate surface area is 137 Å². The summed E-state index contributed by atoms with van der Waals surface area (Å²) in [5.41, 5.74) is 5.79. The van der Waals surface area contributed by atoms with Gasteiger partial charge in [0.05, 0.1) is 27.4 Å². The van der Waals surface area contributed by atoms with Gasteiger partial charge in [0.2, 0.25) is 0 Å². The number of hydrogen-bond donors (Lipinski definition) is 0. The summed E-state index contributed by atoms with van der Waals surface area (Å²) in [5.74, 6) is 0. The highest BCUT2D eigenvalue weighted by Crippen LogP contribution is 2.30. The van der Waals surface area contributed by atoms with Crippen LogP contribution in [0.1, 0.15) is 11.3 Å². The molecule has 3 aromatic rings. The van der Waals surface area contributed by atoms with Crippen LogP contribution < -0.4 is 0 Å². The number of nitrogens with zero attached hydrogens (tertiary/aromatic N) is 2. The van der Waals surface area contributed by atoms with Crippen LogP contribution in [0, 0.1) is 6.92 Å². The summed E-state index contributed by atoms with van der Waals surface area (Å²) in [4.78, 5) is 9.65. The third-order valence-electron chi connectivity index (χ3n) is 3.43. The molecule has 0 atom stereocenters. The van der Waals surface area contributed by atoms with Crippen molar-refractivity contribution in [2.24, 2.45) is 0 Å². The fourth-order valence-electron chi connectivity index (χ4n) is 2.38. The van der Waals surface area contributed by atoms with E-state index in [1.165, 1.54) is 0 Å². The van der Waals surface area contributed by atoms with E-state index in [4.69, 9.17) is 21.6 Å². The standard InChI is InChI=1S/C17H14BrClN2/c1-11-5-4-8-14-16(11)20-15(9-10-18)17(21-14)12-6-2-3-7-13(12)19/h2-8H,9-10H2,1H3. The minimum atomic E-state index is 0.703. The lowest BCUT2D eigenvalue weighted by Gasteiger charge is -2.11. The molecule has 0 bridgehead atoms. The molecule has 0 saturated carbocycles. The second kappa shape index (κ2) is 6.12. The number of benzene rings is 2. The van der Waals surface area contributed by atoms with E-state index in [0.29, 0.717) is 5.02 Å². The Morgan fingerprint density at radius 3 is 2.62 bits per heavy atom. The molecule has 0 aliphatic heterocycles. The summed E-state index contributed by atoms with van der Waals surface area (Å²) in [5, 5.41) is 1.55. The predicted octanol–water partition coefficient (Wildman–Crippen LogP) is 5.20. The minimum Gasteiger partial charge on any atom is -0.249 e. The second-order valence-corrected chi connectivity index (χ2v) is 6.08. The van der Waals surface area contributed by atoms with E-state index >= 15 is 0 Å². The van der Waals surface area contributed by atoms with Gasteiger partial charge < -0.3 is 0 Å². The summed E-state index contributed by atoms with van der Waals surface area (Å²) in [6, 6.07) is 13.8. The highest BCUT2D eigenvalue weighted by atomic mass is 79.9. The zero-order chi connectivity index (χ0) is 14.8. The molecular formula is C17H14BrClN2. The van der Waals surface area contributed by atoms with Crippen molar-refractivity contribution in [2.45, 2.75) is 13.3 Å². The van der Waals surface area contributed by atoms with Gasteiger partial charge in [-0.05, 0) is 24.6 Å². The fraction of sp³-hybridized carbons (Fsp3) is 0.176. The zero-order valence-electron chi connectivity index (χ0n) is 11.6. The highest BCUT2D eigenvalue weighted by molar-refractivity contribution is 9.09. The number of rotatable bonds is 3. The number of hydrogen-bond acceptors (Lipinski definition) is 2. The van der Waals surface area contributed by atoms with Gasteiger partial charge in [-0.15, -0.1) is 0 Å². The maximum Gasteiger partial charge on any atom is 0.0940 e. The van der Waals surface area contributed by atoms with Crippen molar-refractivity contribution in [3.05, 3.63) is 58.7 Å². The summed E-state index contributed by atoms with van der Waals surface area (Å²) >= 11 is 9.83. The maximum absolute atomic E-state index is 6.33. The molecule has 0 spiro atoms. The molecule has 0 amide bonds. The van der Waals surface area contributed by atoms with Crippen LogP contribution in [0.15, 0.2) is 42.5 Å². The zero-order valence-corrected chi connectivity index (χ0v) is 13.9. The first-order valence-electron chi connectivity index (χ1n) is 6.78. The fourth-order valence-corrected chi connectivity index (χ4v) is 2.99. The van der Waals surface area contributed by atoms with E-state index in [-0.39, 0.29) is 0 Å². The maximum atomic E-state index is 6.33. The van der Waals surface area contributed by atoms with Gasteiger partial charge in [-0.2, -0.15) is 0 Å². The van der Waals surface area contributed by atoms with E-state index in [2.05, 4.69) is 28.9 Å². The quantitative estimate of drug-likeness (QED) is 0.599. The van der Waals surface area contributed by atoms with E-state index in [0.717, 1.165) is 45.3 Å². The Morgan fingerprint density at radius 2 is 1.86 bits per heavy atom. The molecule has 21 heavy (non-hydrogen) atoms. The SMILES string of the molecule is Cc1cccc2nc(-c3ccccc3Cl)c(CCBr)nc12. The largest absolute Gasteiger partial charge is 0.249 e. The molecule has 2 nitrogen and oxygen atoms in total. The molecule has 0 aliphatic rings. The monoisotopic (exact) mass is 360 g/mol. The first kappa shape index (κ1) is 14.5. The van der Waals surface area contributed by atoms with Crippen molar-refractivity contribution in [3.63, 3.8) is 0 Å². The average Bonchev–Trinajstić information content (AvgIpc) is 2.49. The molecule has 0 saturated heterocycles. The van der Waals surface area contributed by atoms with Crippen molar-refractivity contribution in [2.75, 3.05) is 5.33 Å². The molecule has 3 rings (SSSR count). The lowest BCUT2D eigenvalue weighted by molar-refractivity contribution is 1.05. The molecule has 2 aromatic carbocycles. The molecule has 1 aromatic heterocycles. The topological polar surface area (TPSA) is 25.8 Å². The van der Waals surface area contributed by atoms with Crippen molar-refractivity contribution in [1.29, 1.82) is 0 Å². The van der Waals surface area contributed by atoms with E-state index in [1.54, 1.807) is 0 Å². The summed E-state index contributed by atoms with van der Waals surface area (Å²) in [6.07, 6.45) is 0.817. The van der Waals surface area contributed by atoms with Gasteiger partial charge in [0.25, 0.3) is 0 Å². The van der Waals surface area contributed by atoms with Crippen molar-refractivity contribution < 1.29 is 0 Å². The molecule has 1 heterocycles. The van der Waals surface area contributed by atoms with Gasteiger partial charge in [-0.1, -0.05) is 57.9 Å². The van der Waals surface area contributed by atoms with Gasteiger partial charge >= 0.3 is 0 Å². The van der Waals surface area contributed by atoms with Crippen LogP contribution in [0.4, 0.5) is 0 Å². The van der Waals surface area contributed by atoms with Crippen molar-refractivity contribution in [3.8, 4) is 11.3 Å². The average molecular weight is 362 g/mol. The Kier molecular flexibility index (Phi) is 4.22. The lowest BCUT2D eigenvalue weighted by atomic mass is 10.1. The summed E-state index contributed by atoms with van der Waals surface area (Å²) < 4.78 is 0. The Balaban J connectivity index is 2.30. The molecule has 0 N–H and O–H groups in total. The third kappa shape index (κ3) is 2.81. The first-order chi connectivity index (χ1) is 10.2. The number of fused-ring (bicyclic) bond motifs is 1. The third-order valence-corrected chi connectivity index (χ3v) is 4.16. The summed E-state index contributed by atoms with van der Waals surface area (Å²) in [6.45, 7) is 2.06. The Bertz CT molecular complexity index is 802. The van der Waals surface area contributed by atoms with Crippen LogP contribution in [0.2, 0.25) is 5.02 Å². The lowest BCUT2D eigenvalue weighted by Crippen LogP contribution is -2.01. The number of para-hydroxylation sites is 1. The van der Waals surface area contributed by atoms with Crippen molar-refractivity contribution >= 4 is 38.6 Å². The highest BCUT2D eigenvalue weighted by Gasteiger charge is 2.13. The predicted molar refractivity (Wildman–Crippen MR) is 92.2 cm³/mol. The van der Waals surface area contributed by atoms with Crippen LogP contribution >= 0.6 is 27.5 Å². The minimum absolute atomic E-state index is 0.703. The molecular weight excluding hydrogens is 348 g/mol. The van der Waals surface area contributed by atoms with Gasteiger partial charge in [-0.25, -0.2) is 9.97 Å². The summed E-state index contributed by atoms with van der Waals surface area (Å²) in [7, 11) is 0. The molecule has 0 unspecified atom stereocenters. The van der Waals surface area contributed by atoms with Crippen molar-refractivity contribution in [1.82, 2.24) is 9.97 Å². The number of aromatic nitrogens is 2. The van der Waals surface area contributed by atoms with Crippen LogP contribution in [0.25, 0.3) is 22.3 Å². The second-order valence-electron chi connectivity index (χ2n) is 4.88. The van der Waals surface area contributed by atoms with Gasteiger partial charge in [0.15, 0.2) is 0 Å². The number of aryl methyl sites for hydroxylation is 2. The van der Waals surface area contributed by atoms with Crippen LogP contribution in [0.5, 0.6) is 0 Å². The Hall–Kier alpha value is -1.45. The van der Waals surface area contributed by atoms with Crippen LogP contribution in [0.3, 0.4) is 0 Å². The molecule has 106 valence electrons. The molecule has 4 heteroatoms. The van der Waals surface area contributed by atoms with E-state index in [9.17, 15) is 0 Å². The number of halogens is 2. The number of alkyl halides is 1. The van der Waals surface area contributed by atoms with E-state index in [1.807, 2.05) is 36.4 Å². The Morgan fingerprint density at radius 1 is 1.05 bits per heavy atom. The van der Waals surface area contributed by atoms with Gasteiger partial charge in [0, 0.05) is 17.3 Å². The van der Waals surface area contributed by atoms with Gasteiger partial charge in [0.1, 0.15) is 0 Å². The molecule has 0 radical (unpaired) electrons. The first-order valence-corrected chi connectivity index (χ1v) is 8.28. The van der Waals surface area contributed by atoms with Crippen LogP contribution in [-0.4, -0.2) is 15.3 Å². The molecule has 0 aliphatic carbocycles. The normalized spacial score (nSPS) is 11.0. The van der Waals surface area contributed by atoms with E-state index < -0.39 is 0 Å². The molecule has 0 fully saturated rings. The smallest absolute Gasteiger partial charge is 0.0940 e. The van der Waals surface area contributed by atoms with Crippen LogP contribution in [-0.2, 0) is 6.42 Å².